The van der Waals surface area contributed by atoms with Crippen LogP contribution in [0.25, 0.3) is 0 Å². The van der Waals surface area contributed by atoms with Crippen molar-refractivity contribution in [2.75, 3.05) is 7.11 Å². The van der Waals surface area contributed by atoms with Crippen molar-refractivity contribution in [3.05, 3.63) is 11.9 Å². The third kappa shape index (κ3) is 2.15. The number of aryl methyl sites for hydroxylation is 1. The highest BCUT2D eigenvalue weighted by Crippen LogP contribution is 2.43. The van der Waals surface area contributed by atoms with E-state index in [1.54, 1.807) is 13.3 Å². The Morgan fingerprint density at radius 1 is 1.47 bits per heavy atom. The van der Waals surface area contributed by atoms with Gasteiger partial charge >= 0.3 is 0 Å². The molecule has 3 rings (SSSR count). The predicted molar refractivity (Wildman–Crippen MR) is 72.1 cm³/mol. The van der Waals surface area contributed by atoms with E-state index in [9.17, 15) is 5.11 Å². The highest BCUT2D eigenvalue weighted by Gasteiger charge is 2.46. The van der Waals surface area contributed by atoms with Crippen molar-refractivity contribution in [2.45, 2.75) is 63.3 Å². The lowest BCUT2D eigenvalue weighted by molar-refractivity contribution is -0.0210. The number of piperidine rings is 1. The van der Waals surface area contributed by atoms with Gasteiger partial charge in [0.1, 0.15) is 11.3 Å². The first kappa shape index (κ1) is 12.9. The third-order valence-electron chi connectivity index (χ3n) is 4.41. The largest absolute Gasteiger partial charge is 0.493 e. The molecule has 3 heterocycles. The minimum Gasteiger partial charge on any atom is -0.493 e. The van der Waals surface area contributed by atoms with Crippen molar-refractivity contribution in [2.24, 2.45) is 0 Å². The third-order valence-corrected chi connectivity index (χ3v) is 4.41. The number of nitrogens with one attached hydrogen (secondary N) is 1. The summed E-state index contributed by atoms with van der Waals surface area (Å²) in [6.45, 7) is 2.94. The second-order valence-electron chi connectivity index (χ2n) is 5.86. The fourth-order valence-electron chi connectivity index (χ4n) is 3.68. The van der Waals surface area contributed by atoms with Crippen LogP contribution in [0, 0.1) is 0 Å². The number of fused-ring (bicyclic) bond motifs is 2. The first-order chi connectivity index (χ1) is 9.16. The van der Waals surface area contributed by atoms with Crippen molar-refractivity contribution in [3.8, 4) is 5.75 Å². The van der Waals surface area contributed by atoms with Crippen molar-refractivity contribution in [1.29, 1.82) is 0 Å². The average Bonchev–Trinajstić information content (AvgIpc) is 2.94. The van der Waals surface area contributed by atoms with E-state index in [1.165, 1.54) is 0 Å². The van der Waals surface area contributed by atoms with Crippen molar-refractivity contribution in [1.82, 2.24) is 15.1 Å². The second kappa shape index (κ2) is 4.80. The van der Waals surface area contributed by atoms with Crippen LogP contribution < -0.4 is 10.1 Å². The molecule has 0 aliphatic carbocycles. The molecule has 0 aromatic carbocycles. The van der Waals surface area contributed by atoms with Gasteiger partial charge in [-0.15, -0.1) is 0 Å². The van der Waals surface area contributed by atoms with E-state index >= 15 is 0 Å². The van der Waals surface area contributed by atoms with Crippen LogP contribution in [0.3, 0.4) is 0 Å². The summed E-state index contributed by atoms with van der Waals surface area (Å²) in [6, 6.07) is 0.858. The zero-order valence-electron chi connectivity index (χ0n) is 11.7. The van der Waals surface area contributed by atoms with E-state index in [2.05, 4.69) is 17.3 Å². The fraction of sp³-hybridized carbons (Fsp3) is 0.786. The molecule has 2 aliphatic heterocycles. The molecule has 2 saturated heterocycles. The van der Waals surface area contributed by atoms with Gasteiger partial charge in [0.25, 0.3) is 0 Å². The van der Waals surface area contributed by atoms with Crippen LogP contribution in [0.1, 0.15) is 44.7 Å². The van der Waals surface area contributed by atoms with E-state index in [0.29, 0.717) is 12.1 Å². The summed E-state index contributed by atoms with van der Waals surface area (Å²) < 4.78 is 7.34. The van der Waals surface area contributed by atoms with Crippen LogP contribution in [0.5, 0.6) is 5.75 Å². The summed E-state index contributed by atoms with van der Waals surface area (Å²) >= 11 is 0. The molecule has 2 aliphatic rings. The molecule has 106 valence electrons. The Kier molecular flexibility index (Phi) is 3.27. The number of hydrogen-bond acceptors (Lipinski definition) is 4. The smallest absolute Gasteiger partial charge is 0.162 e. The first-order valence-electron chi connectivity index (χ1n) is 7.25. The number of ether oxygens (including phenoxy) is 1. The Balaban J connectivity index is 1.97. The zero-order chi connectivity index (χ0) is 13.5. The highest BCUT2D eigenvalue weighted by molar-refractivity contribution is 5.32. The quantitative estimate of drug-likeness (QED) is 0.864. The van der Waals surface area contributed by atoms with Crippen LogP contribution in [0.15, 0.2) is 6.20 Å². The molecule has 1 aromatic heterocycles. The Bertz CT molecular complexity index is 446. The van der Waals surface area contributed by atoms with E-state index in [0.717, 1.165) is 50.1 Å². The van der Waals surface area contributed by atoms with Crippen LogP contribution in [0.4, 0.5) is 0 Å². The Labute approximate surface area is 113 Å². The Morgan fingerprint density at radius 3 is 2.74 bits per heavy atom. The zero-order valence-corrected chi connectivity index (χ0v) is 11.7. The molecule has 0 radical (unpaired) electrons. The molecule has 1 aromatic rings. The van der Waals surface area contributed by atoms with Crippen LogP contribution in [0.2, 0.25) is 0 Å². The number of methoxy groups -OCH3 is 1. The fourth-order valence-corrected chi connectivity index (χ4v) is 3.68. The lowest BCUT2D eigenvalue weighted by Gasteiger charge is -2.37. The van der Waals surface area contributed by atoms with Gasteiger partial charge in [-0.2, -0.15) is 5.10 Å². The lowest BCUT2D eigenvalue weighted by Crippen LogP contribution is -2.47. The van der Waals surface area contributed by atoms with Crippen molar-refractivity contribution < 1.29 is 9.84 Å². The monoisotopic (exact) mass is 265 g/mol. The summed E-state index contributed by atoms with van der Waals surface area (Å²) in [5.74, 6) is 0.720. The molecule has 5 heteroatoms. The number of nitrogens with zero attached hydrogens (tertiary/aromatic N) is 2. The summed E-state index contributed by atoms with van der Waals surface area (Å²) in [4.78, 5) is 0. The minimum absolute atomic E-state index is 0.429. The average molecular weight is 265 g/mol. The summed E-state index contributed by atoms with van der Waals surface area (Å²) in [6.07, 6.45) is 6.57. The lowest BCUT2D eigenvalue weighted by atomic mass is 9.84. The predicted octanol–water partition coefficient (Wildman–Crippen LogP) is 1.40. The second-order valence-corrected chi connectivity index (χ2v) is 5.86. The highest BCUT2D eigenvalue weighted by atomic mass is 16.5. The van der Waals surface area contributed by atoms with Gasteiger partial charge in [-0.05, 0) is 32.1 Å². The van der Waals surface area contributed by atoms with E-state index in [-0.39, 0.29) is 0 Å². The van der Waals surface area contributed by atoms with E-state index < -0.39 is 5.60 Å². The van der Waals surface area contributed by atoms with E-state index in [1.807, 2.05) is 4.68 Å². The molecule has 5 nitrogen and oxygen atoms in total. The standard InChI is InChI=1S/C14H23N3O2/c1-3-6-17-13(12(19-2)9-15-17)14(18)7-10-4-5-11(8-14)16-10/h9-11,16,18H,3-8H2,1-2H3. The molecular formula is C14H23N3O2. The van der Waals surface area contributed by atoms with E-state index in [4.69, 9.17) is 4.74 Å². The van der Waals surface area contributed by atoms with Gasteiger partial charge in [0.15, 0.2) is 5.75 Å². The molecule has 2 bridgehead atoms. The molecule has 19 heavy (non-hydrogen) atoms. The van der Waals surface area contributed by atoms with Gasteiger partial charge in [-0.3, -0.25) is 4.68 Å². The maximum Gasteiger partial charge on any atom is 0.162 e. The van der Waals surface area contributed by atoms with Crippen LogP contribution >= 0.6 is 0 Å². The molecule has 0 saturated carbocycles. The van der Waals surface area contributed by atoms with Gasteiger partial charge in [0, 0.05) is 18.6 Å². The molecular weight excluding hydrogens is 242 g/mol. The SMILES string of the molecule is CCCn1ncc(OC)c1C1(O)CC2CCC(C1)N2. The topological polar surface area (TPSA) is 59.3 Å². The molecule has 2 N–H and O–H groups in total. The number of rotatable bonds is 4. The molecule has 0 amide bonds. The summed E-state index contributed by atoms with van der Waals surface area (Å²) in [7, 11) is 1.65. The Morgan fingerprint density at radius 2 is 2.16 bits per heavy atom. The van der Waals surface area contributed by atoms with Crippen LogP contribution in [-0.4, -0.2) is 34.1 Å². The van der Waals surface area contributed by atoms with Gasteiger partial charge < -0.3 is 15.2 Å². The van der Waals surface area contributed by atoms with Gasteiger partial charge in [-0.25, -0.2) is 0 Å². The van der Waals surface area contributed by atoms with Gasteiger partial charge in [0.05, 0.1) is 13.3 Å². The van der Waals surface area contributed by atoms with Crippen molar-refractivity contribution in [3.63, 3.8) is 0 Å². The van der Waals surface area contributed by atoms with Crippen LogP contribution in [-0.2, 0) is 12.1 Å². The summed E-state index contributed by atoms with van der Waals surface area (Å²) in [5.41, 5.74) is 0.0731. The first-order valence-corrected chi connectivity index (χ1v) is 7.25. The maximum atomic E-state index is 11.2. The van der Waals surface area contributed by atoms with Crippen molar-refractivity contribution >= 4 is 0 Å². The molecule has 0 spiro atoms. The number of hydrogen-bond donors (Lipinski definition) is 2. The molecule has 2 unspecified atom stereocenters. The molecule has 2 fully saturated rings. The number of aromatic nitrogens is 2. The van der Waals surface area contributed by atoms with Gasteiger partial charge in [-0.1, -0.05) is 6.92 Å². The normalized spacial score (nSPS) is 33.6. The maximum absolute atomic E-state index is 11.2. The number of aliphatic hydroxyl groups is 1. The molecule has 2 atom stereocenters. The van der Waals surface area contributed by atoms with Gasteiger partial charge in [0.2, 0.25) is 0 Å². The minimum atomic E-state index is -0.798. The Hall–Kier alpha value is -1.07. The summed E-state index contributed by atoms with van der Waals surface area (Å²) in [5, 5.41) is 19.1.